The molecule has 1 amide bonds. The lowest BCUT2D eigenvalue weighted by Gasteiger charge is -2.27. The van der Waals surface area contributed by atoms with Gasteiger partial charge in [-0.25, -0.2) is 0 Å². The van der Waals surface area contributed by atoms with E-state index >= 15 is 0 Å². The topological polar surface area (TPSA) is 57.6 Å². The molecule has 1 N–H and O–H groups in total. The molecule has 5 heteroatoms. The molecule has 0 aromatic heterocycles. The van der Waals surface area contributed by atoms with E-state index in [-0.39, 0.29) is 17.8 Å². The van der Waals surface area contributed by atoms with Crippen molar-refractivity contribution in [2.24, 2.45) is 0 Å². The van der Waals surface area contributed by atoms with Crippen molar-refractivity contribution in [2.45, 2.75) is 18.9 Å². The third kappa shape index (κ3) is 3.94. The molecule has 4 nitrogen and oxygen atoms in total. The molecule has 3 aromatic rings. The number of nitrogens with zero attached hydrogens (tertiary/aromatic N) is 1. The Bertz CT molecular complexity index is 1090. The Labute approximate surface area is 183 Å². The van der Waals surface area contributed by atoms with Crippen LogP contribution in [0.4, 0.5) is 5.69 Å². The van der Waals surface area contributed by atoms with Crippen molar-refractivity contribution in [3.63, 3.8) is 0 Å². The van der Waals surface area contributed by atoms with Gasteiger partial charge in [-0.05, 0) is 41.8 Å². The molecule has 150 valence electrons. The average molecular weight is 462 g/mol. The summed E-state index contributed by atoms with van der Waals surface area (Å²) in [6.07, 6.45) is 0.763. The van der Waals surface area contributed by atoms with Crippen LogP contribution in [0.15, 0.2) is 101 Å². The molecule has 3 aromatic carbocycles. The van der Waals surface area contributed by atoms with Gasteiger partial charge in [-0.3, -0.25) is 14.5 Å². The van der Waals surface area contributed by atoms with Crippen LogP contribution in [0.5, 0.6) is 0 Å². The number of halogens is 1. The average Bonchev–Trinajstić information content (AvgIpc) is 3.05. The second-order valence-electron chi connectivity index (χ2n) is 7.14. The number of rotatable bonds is 6. The first-order chi connectivity index (χ1) is 14.6. The number of hydrogen-bond donors (Lipinski definition) is 1. The van der Waals surface area contributed by atoms with E-state index in [1.807, 2.05) is 72.8 Å². The maximum absolute atomic E-state index is 13.2. The summed E-state index contributed by atoms with van der Waals surface area (Å²) in [5.41, 5.74) is 2.59. The van der Waals surface area contributed by atoms with E-state index in [9.17, 15) is 14.7 Å². The Morgan fingerprint density at radius 1 is 0.900 bits per heavy atom. The van der Waals surface area contributed by atoms with E-state index in [0.717, 1.165) is 15.6 Å². The lowest BCUT2D eigenvalue weighted by Crippen LogP contribution is -2.31. The number of carbonyl (C=O) groups excluding carboxylic acids is 2. The number of Topliss-reactive ketones (excluding diaryl/α,β-unsaturated/α-hetero) is 1. The quantitative estimate of drug-likeness (QED) is 0.523. The molecule has 1 heterocycles. The van der Waals surface area contributed by atoms with Crippen molar-refractivity contribution in [3.05, 3.63) is 112 Å². The fourth-order valence-corrected chi connectivity index (χ4v) is 4.01. The lowest BCUT2D eigenvalue weighted by molar-refractivity contribution is -0.118. The number of aliphatic hydroxyl groups excluding tert-OH is 1. The predicted octanol–water partition coefficient (Wildman–Crippen LogP) is 5.55. The highest BCUT2D eigenvalue weighted by atomic mass is 79.9. The summed E-state index contributed by atoms with van der Waals surface area (Å²) in [6.45, 7) is 0. The van der Waals surface area contributed by atoms with Gasteiger partial charge in [0, 0.05) is 16.6 Å². The molecule has 0 bridgehead atoms. The van der Waals surface area contributed by atoms with Gasteiger partial charge >= 0.3 is 0 Å². The van der Waals surface area contributed by atoms with Crippen LogP contribution < -0.4 is 4.90 Å². The van der Waals surface area contributed by atoms with Crippen molar-refractivity contribution in [2.75, 3.05) is 4.90 Å². The summed E-state index contributed by atoms with van der Waals surface area (Å²) >= 11 is 3.40. The van der Waals surface area contributed by atoms with Gasteiger partial charge in [0.05, 0.1) is 11.6 Å². The highest BCUT2D eigenvalue weighted by molar-refractivity contribution is 9.10. The van der Waals surface area contributed by atoms with Crippen LogP contribution in [0.3, 0.4) is 0 Å². The van der Waals surface area contributed by atoms with Crippen LogP contribution in [0.2, 0.25) is 0 Å². The first-order valence-corrected chi connectivity index (χ1v) is 10.5. The van der Waals surface area contributed by atoms with Gasteiger partial charge in [-0.15, -0.1) is 0 Å². The van der Waals surface area contributed by atoms with Crippen LogP contribution >= 0.6 is 15.9 Å². The van der Waals surface area contributed by atoms with E-state index in [1.165, 1.54) is 4.90 Å². The van der Waals surface area contributed by atoms with Crippen LogP contribution in [0, 0.1) is 0 Å². The van der Waals surface area contributed by atoms with Gasteiger partial charge in [-0.2, -0.15) is 0 Å². The third-order valence-corrected chi connectivity index (χ3v) is 5.74. The Balaban J connectivity index is 1.70. The second-order valence-corrected chi connectivity index (χ2v) is 8.05. The lowest BCUT2D eigenvalue weighted by atomic mass is 9.93. The first kappa shape index (κ1) is 20.1. The van der Waals surface area contributed by atoms with Crippen molar-refractivity contribution in [1.29, 1.82) is 0 Å². The molecule has 0 aliphatic carbocycles. The van der Waals surface area contributed by atoms with Gasteiger partial charge < -0.3 is 5.11 Å². The zero-order valence-electron chi connectivity index (χ0n) is 16.2. The van der Waals surface area contributed by atoms with Crippen LogP contribution in [0.1, 0.15) is 23.6 Å². The third-order valence-electron chi connectivity index (χ3n) is 5.21. The summed E-state index contributed by atoms with van der Waals surface area (Å²) in [6, 6.07) is 25.6. The molecule has 0 saturated heterocycles. The molecule has 1 aliphatic rings. The minimum Gasteiger partial charge on any atom is -0.503 e. The van der Waals surface area contributed by atoms with Crippen molar-refractivity contribution in [1.82, 2.24) is 0 Å². The minimum atomic E-state index is -0.664. The smallest absolute Gasteiger partial charge is 0.294 e. The van der Waals surface area contributed by atoms with E-state index in [4.69, 9.17) is 0 Å². The Morgan fingerprint density at radius 3 is 2.13 bits per heavy atom. The van der Waals surface area contributed by atoms with Crippen molar-refractivity contribution < 1.29 is 14.7 Å². The molecule has 1 aliphatic heterocycles. The molecule has 0 fully saturated rings. The number of amides is 1. The van der Waals surface area contributed by atoms with Crippen molar-refractivity contribution in [3.8, 4) is 0 Å². The van der Waals surface area contributed by atoms with Gasteiger partial charge in [0.2, 0.25) is 0 Å². The SMILES string of the molecule is O=C(CCc1ccccc1)C1=C(O)C(=O)N(c2ccc(Br)cc2)C1c1ccccc1. The van der Waals surface area contributed by atoms with Gasteiger partial charge in [-0.1, -0.05) is 76.6 Å². The molecule has 0 saturated carbocycles. The Morgan fingerprint density at radius 2 is 1.50 bits per heavy atom. The van der Waals surface area contributed by atoms with Crippen molar-refractivity contribution >= 4 is 33.3 Å². The molecule has 1 atom stereocenters. The zero-order chi connectivity index (χ0) is 21.1. The molecule has 30 heavy (non-hydrogen) atoms. The standard InChI is InChI=1S/C25H20BrNO3/c26-19-12-14-20(15-13-19)27-23(18-9-5-2-6-10-18)22(24(29)25(27)30)21(28)16-11-17-7-3-1-4-8-17/h1-10,12-15,23,29H,11,16H2. The van der Waals surface area contributed by atoms with Gasteiger partial charge in [0.25, 0.3) is 5.91 Å². The molecule has 0 spiro atoms. The van der Waals surface area contributed by atoms with Gasteiger partial charge in [0.15, 0.2) is 11.5 Å². The maximum Gasteiger partial charge on any atom is 0.294 e. The summed E-state index contributed by atoms with van der Waals surface area (Å²) in [4.78, 5) is 27.7. The normalized spacial score (nSPS) is 16.2. The number of benzene rings is 3. The van der Waals surface area contributed by atoms with E-state index < -0.39 is 17.7 Å². The van der Waals surface area contributed by atoms with E-state index in [2.05, 4.69) is 15.9 Å². The largest absolute Gasteiger partial charge is 0.503 e. The Kier molecular flexibility index (Phi) is 5.81. The number of aryl methyl sites for hydroxylation is 1. The summed E-state index contributed by atoms with van der Waals surface area (Å²) in [5, 5.41) is 10.7. The van der Waals surface area contributed by atoms with Crippen LogP contribution in [-0.4, -0.2) is 16.8 Å². The highest BCUT2D eigenvalue weighted by Crippen LogP contribution is 2.41. The molecule has 4 rings (SSSR count). The van der Waals surface area contributed by atoms with Gasteiger partial charge in [0.1, 0.15) is 0 Å². The monoisotopic (exact) mass is 461 g/mol. The summed E-state index contributed by atoms with van der Waals surface area (Å²) in [7, 11) is 0. The predicted molar refractivity (Wildman–Crippen MR) is 120 cm³/mol. The zero-order valence-corrected chi connectivity index (χ0v) is 17.7. The number of ketones is 1. The second kappa shape index (κ2) is 8.67. The Hall–Kier alpha value is -3.18. The van der Waals surface area contributed by atoms with Crippen LogP contribution in [0.25, 0.3) is 0 Å². The first-order valence-electron chi connectivity index (χ1n) is 9.70. The highest BCUT2D eigenvalue weighted by Gasteiger charge is 2.43. The summed E-state index contributed by atoms with van der Waals surface area (Å²) in [5.74, 6) is -1.25. The fourth-order valence-electron chi connectivity index (χ4n) is 3.75. The number of aliphatic hydroxyl groups is 1. The van der Waals surface area contributed by atoms with E-state index in [1.54, 1.807) is 12.1 Å². The van der Waals surface area contributed by atoms with Crippen LogP contribution in [-0.2, 0) is 16.0 Å². The fraction of sp³-hybridized carbons (Fsp3) is 0.120. The number of hydrogen-bond acceptors (Lipinski definition) is 3. The molecule has 0 radical (unpaired) electrons. The molecule has 1 unspecified atom stereocenters. The minimum absolute atomic E-state index is 0.157. The molecular formula is C25H20BrNO3. The number of carbonyl (C=O) groups is 2. The maximum atomic E-state index is 13.2. The number of anilines is 1. The summed E-state index contributed by atoms with van der Waals surface area (Å²) < 4.78 is 0.880. The molecular weight excluding hydrogens is 442 g/mol. The van der Waals surface area contributed by atoms with E-state index in [0.29, 0.717) is 12.1 Å².